The Morgan fingerprint density at radius 1 is 1.40 bits per heavy atom. The predicted molar refractivity (Wildman–Crippen MR) is 79.0 cm³/mol. The molecule has 0 atom stereocenters. The standard InChI is InChI=1S/C15H17ClN2O2/c1-9(2)15(19)12-8-17-18(10(12)3)13-7-11(16)5-6-14(13)20-4/h5-9H,1-4H3. The fourth-order valence-corrected chi connectivity index (χ4v) is 2.20. The number of hydrogen-bond donors (Lipinski definition) is 0. The van der Waals surface area contributed by atoms with Crippen molar-refractivity contribution in [2.45, 2.75) is 20.8 Å². The summed E-state index contributed by atoms with van der Waals surface area (Å²) in [5, 5.41) is 4.89. The number of ketones is 1. The molecule has 0 saturated heterocycles. The molecule has 106 valence electrons. The molecule has 0 amide bonds. The molecule has 0 bridgehead atoms. The highest BCUT2D eigenvalue weighted by Crippen LogP contribution is 2.28. The quantitative estimate of drug-likeness (QED) is 0.807. The van der Waals surface area contributed by atoms with Gasteiger partial charge in [0.1, 0.15) is 11.4 Å². The SMILES string of the molecule is COc1ccc(Cl)cc1-n1ncc(C(=O)C(C)C)c1C. The van der Waals surface area contributed by atoms with Crippen molar-refractivity contribution < 1.29 is 9.53 Å². The third kappa shape index (κ3) is 2.56. The second-order valence-corrected chi connectivity index (χ2v) is 5.33. The molecule has 0 fully saturated rings. The molecule has 0 saturated carbocycles. The maximum Gasteiger partial charge on any atom is 0.168 e. The van der Waals surface area contributed by atoms with Crippen LogP contribution in [0.25, 0.3) is 5.69 Å². The Morgan fingerprint density at radius 2 is 2.10 bits per heavy atom. The summed E-state index contributed by atoms with van der Waals surface area (Å²) in [6.07, 6.45) is 1.60. The molecule has 1 aromatic heterocycles. The molecule has 0 aliphatic heterocycles. The summed E-state index contributed by atoms with van der Waals surface area (Å²) in [5.74, 6) is 0.673. The Hall–Kier alpha value is -1.81. The Balaban J connectivity index is 2.55. The van der Waals surface area contributed by atoms with Crippen molar-refractivity contribution in [3.63, 3.8) is 0 Å². The Morgan fingerprint density at radius 3 is 2.70 bits per heavy atom. The molecule has 0 N–H and O–H groups in total. The highest BCUT2D eigenvalue weighted by molar-refractivity contribution is 6.30. The molecule has 1 heterocycles. The van der Waals surface area contributed by atoms with Crippen LogP contribution in [0.3, 0.4) is 0 Å². The van der Waals surface area contributed by atoms with Crippen molar-refractivity contribution in [2.24, 2.45) is 5.92 Å². The minimum absolute atomic E-state index is 0.0624. The van der Waals surface area contributed by atoms with Gasteiger partial charge in [-0.1, -0.05) is 25.4 Å². The number of hydrogen-bond acceptors (Lipinski definition) is 3. The molecule has 0 unspecified atom stereocenters. The van der Waals surface area contributed by atoms with Crippen LogP contribution in [0.1, 0.15) is 29.9 Å². The lowest BCUT2D eigenvalue weighted by Gasteiger charge is -2.11. The van der Waals surface area contributed by atoms with Crippen molar-refractivity contribution in [3.05, 3.63) is 40.7 Å². The van der Waals surface area contributed by atoms with Gasteiger partial charge in [0.15, 0.2) is 5.78 Å². The average Bonchev–Trinajstić information content (AvgIpc) is 2.79. The summed E-state index contributed by atoms with van der Waals surface area (Å²) in [7, 11) is 1.59. The molecule has 4 nitrogen and oxygen atoms in total. The van der Waals surface area contributed by atoms with Gasteiger partial charge in [0.2, 0.25) is 0 Å². The number of benzene rings is 1. The number of nitrogens with zero attached hydrogens (tertiary/aromatic N) is 2. The Kier molecular flexibility index (Phi) is 4.14. The number of methoxy groups -OCH3 is 1. The van der Waals surface area contributed by atoms with Crippen LogP contribution in [0.4, 0.5) is 0 Å². The molecule has 0 aliphatic carbocycles. The van der Waals surface area contributed by atoms with Crippen LogP contribution >= 0.6 is 11.6 Å². The lowest BCUT2D eigenvalue weighted by Crippen LogP contribution is -2.09. The second kappa shape index (κ2) is 5.67. The lowest BCUT2D eigenvalue weighted by molar-refractivity contribution is 0.0938. The van der Waals surface area contributed by atoms with E-state index in [0.29, 0.717) is 16.3 Å². The number of aromatic nitrogens is 2. The topological polar surface area (TPSA) is 44.1 Å². The zero-order chi connectivity index (χ0) is 14.9. The number of rotatable bonds is 4. The van der Waals surface area contributed by atoms with E-state index in [1.807, 2.05) is 20.8 Å². The summed E-state index contributed by atoms with van der Waals surface area (Å²) in [6, 6.07) is 5.30. The third-order valence-electron chi connectivity index (χ3n) is 3.17. The molecular formula is C15H17ClN2O2. The van der Waals surface area contributed by atoms with Gasteiger partial charge in [0, 0.05) is 10.9 Å². The monoisotopic (exact) mass is 292 g/mol. The van der Waals surface area contributed by atoms with Gasteiger partial charge in [-0.25, -0.2) is 4.68 Å². The Bertz CT molecular complexity index is 647. The number of Topliss-reactive ketones (excluding diaryl/α,β-unsaturated/α-hetero) is 1. The van der Waals surface area contributed by atoms with E-state index in [2.05, 4.69) is 5.10 Å². The van der Waals surface area contributed by atoms with Gasteiger partial charge in [0.25, 0.3) is 0 Å². The van der Waals surface area contributed by atoms with Gasteiger partial charge in [-0.15, -0.1) is 0 Å². The van der Waals surface area contributed by atoms with E-state index in [1.165, 1.54) is 0 Å². The maximum absolute atomic E-state index is 12.1. The van der Waals surface area contributed by atoms with E-state index in [1.54, 1.807) is 36.2 Å². The van der Waals surface area contributed by atoms with Crippen molar-refractivity contribution in [2.75, 3.05) is 7.11 Å². The van der Waals surface area contributed by atoms with Crippen molar-refractivity contribution in [3.8, 4) is 11.4 Å². The highest BCUT2D eigenvalue weighted by Gasteiger charge is 2.19. The van der Waals surface area contributed by atoms with Crippen molar-refractivity contribution >= 4 is 17.4 Å². The number of carbonyl (C=O) groups excluding carboxylic acids is 1. The summed E-state index contributed by atoms with van der Waals surface area (Å²) in [4.78, 5) is 12.1. The first-order valence-electron chi connectivity index (χ1n) is 6.38. The molecule has 2 aromatic rings. The Labute approximate surface area is 123 Å². The maximum atomic E-state index is 12.1. The first kappa shape index (κ1) is 14.6. The van der Waals surface area contributed by atoms with Crippen LogP contribution in [-0.2, 0) is 0 Å². The van der Waals surface area contributed by atoms with E-state index in [0.717, 1.165) is 11.4 Å². The summed E-state index contributed by atoms with van der Waals surface area (Å²) in [6.45, 7) is 5.61. The minimum atomic E-state index is -0.0624. The van der Waals surface area contributed by atoms with Gasteiger partial charge in [-0.05, 0) is 25.1 Å². The van der Waals surface area contributed by atoms with Crippen LogP contribution in [0, 0.1) is 12.8 Å². The zero-order valence-electron chi connectivity index (χ0n) is 12.0. The average molecular weight is 293 g/mol. The van der Waals surface area contributed by atoms with Gasteiger partial charge in [-0.2, -0.15) is 5.10 Å². The molecule has 0 spiro atoms. The number of carbonyl (C=O) groups is 1. The van der Waals surface area contributed by atoms with Gasteiger partial charge >= 0.3 is 0 Å². The summed E-state index contributed by atoms with van der Waals surface area (Å²) < 4.78 is 7.00. The van der Waals surface area contributed by atoms with E-state index in [4.69, 9.17) is 16.3 Å². The van der Waals surface area contributed by atoms with Crippen LogP contribution < -0.4 is 4.74 Å². The number of ether oxygens (including phenoxy) is 1. The van der Waals surface area contributed by atoms with Crippen LogP contribution in [0.5, 0.6) is 5.75 Å². The van der Waals surface area contributed by atoms with Gasteiger partial charge < -0.3 is 4.74 Å². The second-order valence-electron chi connectivity index (χ2n) is 4.89. The lowest BCUT2D eigenvalue weighted by atomic mass is 10.0. The molecule has 20 heavy (non-hydrogen) atoms. The minimum Gasteiger partial charge on any atom is -0.494 e. The largest absolute Gasteiger partial charge is 0.494 e. The normalized spacial score (nSPS) is 10.9. The first-order valence-corrected chi connectivity index (χ1v) is 6.76. The highest BCUT2D eigenvalue weighted by atomic mass is 35.5. The van der Waals surface area contributed by atoms with Crippen molar-refractivity contribution in [1.29, 1.82) is 0 Å². The summed E-state index contributed by atoms with van der Waals surface area (Å²) in [5.41, 5.74) is 2.13. The van der Waals surface area contributed by atoms with E-state index in [-0.39, 0.29) is 11.7 Å². The van der Waals surface area contributed by atoms with Gasteiger partial charge in [0.05, 0.1) is 24.6 Å². The van der Waals surface area contributed by atoms with E-state index in [9.17, 15) is 4.79 Å². The summed E-state index contributed by atoms with van der Waals surface area (Å²) >= 11 is 6.03. The zero-order valence-corrected chi connectivity index (χ0v) is 12.7. The van der Waals surface area contributed by atoms with Gasteiger partial charge in [-0.3, -0.25) is 4.79 Å². The third-order valence-corrected chi connectivity index (χ3v) is 3.40. The molecule has 2 rings (SSSR count). The van der Waals surface area contributed by atoms with Crippen LogP contribution in [0.15, 0.2) is 24.4 Å². The van der Waals surface area contributed by atoms with Crippen molar-refractivity contribution in [1.82, 2.24) is 9.78 Å². The van der Waals surface area contributed by atoms with Crippen LogP contribution in [-0.4, -0.2) is 22.7 Å². The number of halogens is 1. The molecule has 0 aliphatic rings. The fraction of sp³-hybridized carbons (Fsp3) is 0.333. The fourth-order valence-electron chi connectivity index (χ4n) is 2.03. The molecule has 0 radical (unpaired) electrons. The predicted octanol–water partition coefficient (Wildman–Crippen LogP) is 3.68. The molecular weight excluding hydrogens is 276 g/mol. The van der Waals surface area contributed by atoms with E-state index >= 15 is 0 Å². The molecule has 5 heteroatoms. The molecule has 1 aromatic carbocycles. The smallest absolute Gasteiger partial charge is 0.168 e. The van der Waals surface area contributed by atoms with Crippen LogP contribution in [0.2, 0.25) is 5.02 Å². The van der Waals surface area contributed by atoms with E-state index < -0.39 is 0 Å². The first-order chi connectivity index (χ1) is 9.45.